The Morgan fingerprint density at radius 1 is 1.11 bits per heavy atom. The van der Waals surface area contributed by atoms with E-state index in [1.807, 2.05) is 4.90 Å². The number of anilines is 3. The standard InChI is InChI=1S/C16H16F3N5O3/c17-16(18,19)27-12-3-1-11(2-4-12)22-15(25)23-13-9-14(21-10-20-13)24-5-7-26-8-6-24/h1-4,9-10H,5-8H2,(H2,20,21,22,23,25). The Morgan fingerprint density at radius 3 is 2.48 bits per heavy atom. The molecule has 3 rings (SSSR count). The normalized spacial score (nSPS) is 14.6. The second-order valence-electron chi connectivity index (χ2n) is 5.51. The molecule has 1 aliphatic heterocycles. The molecule has 0 saturated carbocycles. The number of hydrogen-bond donors (Lipinski definition) is 2. The van der Waals surface area contributed by atoms with Crippen molar-refractivity contribution in [2.75, 3.05) is 41.8 Å². The van der Waals surface area contributed by atoms with Crippen LogP contribution in [0.3, 0.4) is 0 Å². The van der Waals surface area contributed by atoms with Crippen molar-refractivity contribution in [1.82, 2.24) is 9.97 Å². The van der Waals surface area contributed by atoms with E-state index in [0.29, 0.717) is 43.6 Å². The van der Waals surface area contributed by atoms with Gasteiger partial charge in [-0.05, 0) is 24.3 Å². The van der Waals surface area contributed by atoms with Crippen molar-refractivity contribution < 1.29 is 27.4 Å². The maximum atomic E-state index is 12.1. The first kappa shape index (κ1) is 18.7. The van der Waals surface area contributed by atoms with Crippen molar-refractivity contribution in [1.29, 1.82) is 0 Å². The van der Waals surface area contributed by atoms with E-state index < -0.39 is 12.4 Å². The summed E-state index contributed by atoms with van der Waals surface area (Å²) in [6.07, 6.45) is -3.43. The first-order valence-electron chi connectivity index (χ1n) is 7.98. The monoisotopic (exact) mass is 383 g/mol. The highest BCUT2D eigenvalue weighted by Gasteiger charge is 2.30. The van der Waals surface area contributed by atoms with Crippen molar-refractivity contribution in [3.8, 4) is 5.75 Å². The highest BCUT2D eigenvalue weighted by Crippen LogP contribution is 2.24. The SMILES string of the molecule is O=C(Nc1ccc(OC(F)(F)F)cc1)Nc1cc(N2CCOCC2)ncn1. The van der Waals surface area contributed by atoms with Crippen LogP contribution in [0.25, 0.3) is 0 Å². The lowest BCUT2D eigenvalue weighted by atomic mass is 10.3. The Kier molecular flexibility index (Phi) is 5.60. The molecule has 2 heterocycles. The number of urea groups is 1. The fourth-order valence-electron chi connectivity index (χ4n) is 2.40. The van der Waals surface area contributed by atoms with Crippen molar-refractivity contribution in [3.63, 3.8) is 0 Å². The lowest BCUT2D eigenvalue weighted by Gasteiger charge is -2.27. The van der Waals surface area contributed by atoms with Crippen LogP contribution in [-0.2, 0) is 4.74 Å². The van der Waals surface area contributed by atoms with Gasteiger partial charge < -0.3 is 19.7 Å². The summed E-state index contributed by atoms with van der Waals surface area (Å²) in [6, 6.07) is 5.82. The van der Waals surface area contributed by atoms with E-state index in [4.69, 9.17) is 4.74 Å². The zero-order valence-corrected chi connectivity index (χ0v) is 14.0. The molecule has 2 aromatic rings. The average Bonchev–Trinajstić information content (AvgIpc) is 2.63. The van der Waals surface area contributed by atoms with Crippen molar-refractivity contribution in [2.24, 2.45) is 0 Å². The van der Waals surface area contributed by atoms with Gasteiger partial charge in [0.05, 0.1) is 13.2 Å². The second-order valence-corrected chi connectivity index (χ2v) is 5.51. The van der Waals surface area contributed by atoms with E-state index in [2.05, 4.69) is 25.3 Å². The lowest BCUT2D eigenvalue weighted by Crippen LogP contribution is -2.36. The number of carbonyl (C=O) groups excluding carboxylic acids is 1. The van der Waals surface area contributed by atoms with Gasteiger partial charge in [0.25, 0.3) is 0 Å². The smallest absolute Gasteiger partial charge is 0.406 e. The van der Waals surface area contributed by atoms with Gasteiger partial charge in [0.15, 0.2) is 0 Å². The Balaban J connectivity index is 1.57. The zero-order valence-electron chi connectivity index (χ0n) is 14.0. The minimum Gasteiger partial charge on any atom is -0.406 e. The van der Waals surface area contributed by atoms with E-state index >= 15 is 0 Å². The molecule has 1 saturated heterocycles. The van der Waals surface area contributed by atoms with E-state index in [9.17, 15) is 18.0 Å². The number of alkyl halides is 3. The van der Waals surface area contributed by atoms with Gasteiger partial charge in [0.1, 0.15) is 23.7 Å². The van der Waals surface area contributed by atoms with Crippen LogP contribution in [-0.4, -0.2) is 48.7 Å². The summed E-state index contributed by atoms with van der Waals surface area (Å²) in [5, 5.41) is 5.05. The minimum absolute atomic E-state index is 0.293. The molecule has 2 amide bonds. The molecule has 8 nitrogen and oxygen atoms in total. The van der Waals surface area contributed by atoms with Gasteiger partial charge in [-0.2, -0.15) is 0 Å². The van der Waals surface area contributed by atoms with Crippen LogP contribution in [0, 0.1) is 0 Å². The van der Waals surface area contributed by atoms with E-state index in [-0.39, 0.29) is 5.75 Å². The van der Waals surface area contributed by atoms with Crippen molar-refractivity contribution in [3.05, 3.63) is 36.7 Å². The predicted molar refractivity (Wildman–Crippen MR) is 90.8 cm³/mol. The number of rotatable bonds is 4. The quantitative estimate of drug-likeness (QED) is 0.844. The Labute approximate surface area is 152 Å². The third kappa shape index (κ3) is 5.71. The molecule has 0 atom stereocenters. The summed E-state index contributed by atoms with van der Waals surface area (Å²) in [5.41, 5.74) is 0.296. The first-order valence-corrected chi connectivity index (χ1v) is 7.98. The van der Waals surface area contributed by atoms with Crippen LogP contribution in [0.2, 0.25) is 0 Å². The molecule has 1 fully saturated rings. The van der Waals surface area contributed by atoms with Gasteiger partial charge in [-0.15, -0.1) is 13.2 Å². The number of benzene rings is 1. The number of carbonyl (C=O) groups is 1. The van der Waals surface area contributed by atoms with Gasteiger partial charge in [0.2, 0.25) is 0 Å². The molecule has 0 radical (unpaired) electrons. The van der Waals surface area contributed by atoms with Crippen LogP contribution in [0.5, 0.6) is 5.75 Å². The summed E-state index contributed by atoms with van der Waals surface area (Å²) in [7, 11) is 0. The molecule has 0 unspecified atom stereocenters. The predicted octanol–water partition coefficient (Wildman–Crippen LogP) is 2.86. The van der Waals surface area contributed by atoms with Crippen molar-refractivity contribution in [2.45, 2.75) is 6.36 Å². The third-order valence-corrected chi connectivity index (χ3v) is 3.58. The summed E-state index contributed by atoms with van der Waals surface area (Å²) in [6.45, 7) is 2.58. The summed E-state index contributed by atoms with van der Waals surface area (Å²) in [5.74, 6) is 0.581. The van der Waals surface area contributed by atoms with Gasteiger partial charge in [-0.3, -0.25) is 5.32 Å². The summed E-state index contributed by atoms with van der Waals surface area (Å²) >= 11 is 0. The Morgan fingerprint density at radius 2 is 1.81 bits per heavy atom. The molecule has 1 aromatic carbocycles. The van der Waals surface area contributed by atoms with Crippen LogP contribution in [0.1, 0.15) is 0 Å². The number of halogens is 3. The second kappa shape index (κ2) is 8.08. The minimum atomic E-state index is -4.77. The van der Waals surface area contributed by atoms with E-state index in [1.54, 1.807) is 6.07 Å². The Hall–Kier alpha value is -3.08. The molecular weight excluding hydrogens is 367 g/mol. The molecule has 0 bridgehead atoms. The highest BCUT2D eigenvalue weighted by atomic mass is 19.4. The number of aromatic nitrogens is 2. The van der Waals surface area contributed by atoms with Gasteiger partial charge >= 0.3 is 12.4 Å². The maximum absolute atomic E-state index is 12.1. The number of hydrogen-bond acceptors (Lipinski definition) is 6. The maximum Gasteiger partial charge on any atom is 0.573 e. The molecule has 0 aliphatic carbocycles. The van der Waals surface area contributed by atoms with E-state index in [0.717, 1.165) is 12.1 Å². The lowest BCUT2D eigenvalue weighted by molar-refractivity contribution is -0.274. The highest BCUT2D eigenvalue weighted by molar-refractivity contribution is 5.99. The van der Waals surface area contributed by atoms with Crippen molar-refractivity contribution >= 4 is 23.4 Å². The molecule has 27 heavy (non-hydrogen) atoms. The number of nitrogens with zero attached hydrogens (tertiary/aromatic N) is 3. The fourth-order valence-corrected chi connectivity index (χ4v) is 2.40. The summed E-state index contributed by atoms with van der Waals surface area (Å²) < 4.78 is 45.5. The van der Waals surface area contributed by atoms with Crippen LogP contribution >= 0.6 is 0 Å². The molecule has 1 aliphatic rings. The molecule has 11 heteroatoms. The van der Waals surface area contributed by atoms with Crippen LogP contribution in [0.15, 0.2) is 36.7 Å². The fraction of sp³-hybridized carbons (Fsp3) is 0.312. The number of amides is 2. The third-order valence-electron chi connectivity index (χ3n) is 3.58. The first-order chi connectivity index (χ1) is 12.9. The van der Waals surface area contributed by atoms with E-state index in [1.165, 1.54) is 18.5 Å². The topological polar surface area (TPSA) is 88.6 Å². The average molecular weight is 383 g/mol. The number of ether oxygens (including phenoxy) is 2. The van der Waals surface area contributed by atoms with Crippen LogP contribution in [0.4, 0.5) is 35.3 Å². The van der Waals surface area contributed by atoms with Gasteiger partial charge in [-0.25, -0.2) is 14.8 Å². The largest absolute Gasteiger partial charge is 0.573 e. The molecular formula is C16H16F3N5O3. The molecule has 2 N–H and O–H groups in total. The molecule has 0 spiro atoms. The van der Waals surface area contributed by atoms with Gasteiger partial charge in [0, 0.05) is 24.8 Å². The summed E-state index contributed by atoms with van der Waals surface area (Å²) in [4.78, 5) is 22.2. The number of morpholine rings is 1. The zero-order chi connectivity index (χ0) is 19.3. The van der Waals surface area contributed by atoms with Gasteiger partial charge in [-0.1, -0.05) is 0 Å². The molecule has 1 aromatic heterocycles. The number of nitrogens with one attached hydrogen (secondary N) is 2. The molecule has 144 valence electrons. The van der Waals surface area contributed by atoms with Crippen LogP contribution < -0.4 is 20.3 Å². The Bertz CT molecular complexity index is 780.